The summed E-state index contributed by atoms with van der Waals surface area (Å²) >= 11 is 1.74. The molecule has 26 heavy (non-hydrogen) atoms. The first-order valence-corrected chi connectivity index (χ1v) is 9.51. The maximum absolute atomic E-state index is 13.2. The molecule has 0 aliphatic heterocycles. The third kappa shape index (κ3) is 3.50. The Balaban J connectivity index is 1.44. The molecule has 2 heterocycles. The van der Waals surface area contributed by atoms with Crippen LogP contribution < -0.4 is 10.1 Å². The van der Waals surface area contributed by atoms with Crippen LogP contribution in [0.2, 0.25) is 0 Å². The van der Waals surface area contributed by atoms with E-state index in [2.05, 4.69) is 15.3 Å². The Morgan fingerprint density at radius 1 is 1.35 bits per heavy atom. The third-order valence-corrected chi connectivity index (χ3v) is 5.61. The maximum atomic E-state index is 13.2. The van der Waals surface area contributed by atoms with E-state index >= 15 is 0 Å². The van der Waals surface area contributed by atoms with Gasteiger partial charge >= 0.3 is 0 Å². The van der Waals surface area contributed by atoms with Gasteiger partial charge in [0.25, 0.3) is 0 Å². The van der Waals surface area contributed by atoms with Gasteiger partial charge in [-0.2, -0.15) is 0 Å². The number of nitrogens with zero attached hydrogens (tertiary/aromatic N) is 2. The molecule has 0 spiro atoms. The summed E-state index contributed by atoms with van der Waals surface area (Å²) in [6.07, 6.45) is 2.60. The molecule has 136 valence electrons. The van der Waals surface area contributed by atoms with Crippen LogP contribution in [-0.2, 0) is 12.8 Å². The molecule has 5 nitrogen and oxygen atoms in total. The summed E-state index contributed by atoms with van der Waals surface area (Å²) in [7, 11) is 0. The number of ether oxygens (including phenoxy) is 1. The molecule has 0 fully saturated rings. The summed E-state index contributed by atoms with van der Waals surface area (Å²) in [6.45, 7) is 2.25. The molecule has 0 saturated carbocycles. The van der Waals surface area contributed by atoms with Gasteiger partial charge in [-0.25, -0.2) is 14.4 Å². The Morgan fingerprint density at radius 2 is 2.23 bits per heavy atom. The number of aryl methyl sites for hydroxylation is 3. The Morgan fingerprint density at radius 3 is 3.08 bits per heavy atom. The first-order chi connectivity index (χ1) is 12.6. The van der Waals surface area contributed by atoms with Crippen LogP contribution in [0.1, 0.15) is 22.7 Å². The Kier molecular flexibility index (Phi) is 4.74. The van der Waals surface area contributed by atoms with Crippen LogP contribution in [0.4, 0.5) is 10.2 Å². The third-order valence-electron chi connectivity index (χ3n) is 4.42. The van der Waals surface area contributed by atoms with E-state index in [4.69, 9.17) is 4.74 Å². The SMILES string of the molecule is Cc1nc(NCC(O)COc2cccc(F)c2)c2c3c(sc2n1)CCC3. The molecule has 3 aromatic rings. The van der Waals surface area contributed by atoms with Crippen molar-refractivity contribution >= 4 is 27.4 Å². The highest BCUT2D eigenvalue weighted by molar-refractivity contribution is 7.19. The molecule has 1 aliphatic rings. The van der Waals surface area contributed by atoms with Crippen LogP contribution in [0.3, 0.4) is 0 Å². The molecule has 0 bridgehead atoms. The van der Waals surface area contributed by atoms with Gasteiger partial charge in [0.05, 0.1) is 5.39 Å². The molecule has 0 amide bonds. The fourth-order valence-corrected chi connectivity index (χ4v) is 4.56. The number of anilines is 1. The van der Waals surface area contributed by atoms with Crippen molar-refractivity contribution in [3.63, 3.8) is 0 Å². The van der Waals surface area contributed by atoms with Gasteiger partial charge < -0.3 is 15.2 Å². The fraction of sp³-hybridized carbons (Fsp3) is 0.368. The predicted molar refractivity (Wildman–Crippen MR) is 101 cm³/mol. The van der Waals surface area contributed by atoms with Crippen LogP contribution in [0.25, 0.3) is 10.2 Å². The lowest BCUT2D eigenvalue weighted by atomic mass is 10.2. The number of rotatable bonds is 6. The largest absolute Gasteiger partial charge is 0.491 e. The molecule has 1 aliphatic carbocycles. The van der Waals surface area contributed by atoms with Gasteiger partial charge in [-0.15, -0.1) is 11.3 Å². The van der Waals surface area contributed by atoms with Gasteiger partial charge in [-0.3, -0.25) is 0 Å². The number of hydrogen-bond donors (Lipinski definition) is 2. The van der Waals surface area contributed by atoms with Gasteiger partial charge in [0.1, 0.15) is 40.8 Å². The summed E-state index contributed by atoms with van der Waals surface area (Å²) in [5, 5.41) is 14.5. The second-order valence-electron chi connectivity index (χ2n) is 6.46. The highest BCUT2D eigenvalue weighted by atomic mass is 32.1. The molecule has 0 saturated heterocycles. The van der Waals surface area contributed by atoms with E-state index in [1.54, 1.807) is 23.5 Å². The minimum Gasteiger partial charge on any atom is -0.491 e. The van der Waals surface area contributed by atoms with E-state index in [1.807, 2.05) is 6.92 Å². The number of nitrogens with one attached hydrogen (secondary N) is 1. The van der Waals surface area contributed by atoms with Crippen molar-refractivity contribution < 1.29 is 14.2 Å². The number of aliphatic hydroxyl groups excluding tert-OH is 1. The summed E-state index contributed by atoms with van der Waals surface area (Å²) in [5.74, 6) is 1.53. The second kappa shape index (κ2) is 7.17. The van der Waals surface area contributed by atoms with Crippen molar-refractivity contribution in [1.82, 2.24) is 9.97 Å². The van der Waals surface area contributed by atoms with Gasteiger partial charge in [0.15, 0.2) is 0 Å². The molecular formula is C19H20FN3O2S. The molecule has 1 atom stereocenters. The highest BCUT2D eigenvalue weighted by Gasteiger charge is 2.22. The number of halogens is 1. The topological polar surface area (TPSA) is 67.3 Å². The van der Waals surface area contributed by atoms with Gasteiger partial charge in [0.2, 0.25) is 0 Å². The van der Waals surface area contributed by atoms with E-state index < -0.39 is 6.10 Å². The Hall–Kier alpha value is -2.25. The molecule has 1 aromatic carbocycles. The van der Waals surface area contributed by atoms with Gasteiger partial charge in [-0.1, -0.05) is 6.07 Å². The number of aromatic nitrogens is 2. The smallest absolute Gasteiger partial charge is 0.138 e. The highest BCUT2D eigenvalue weighted by Crippen LogP contribution is 2.39. The molecule has 0 radical (unpaired) electrons. The van der Waals surface area contributed by atoms with Crippen LogP contribution >= 0.6 is 11.3 Å². The summed E-state index contributed by atoms with van der Waals surface area (Å²) in [6, 6.07) is 5.89. The number of benzene rings is 1. The molecule has 4 rings (SSSR count). The monoisotopic (exact) mass is 373 g/mol. The molecule has 7 heteroatoms. The standard InChI is InChI=1S/C19H20FN3O2S/c1-11-22-18(17-15-6-3-7-16(15)26-19(17)23-11)21-9-13(24)10-25-14-5-2-4-12(20)8-14/h2,4-5,8,13,24H,3,6-7,9-10H2,1H3,(H,21,22,23). The average molecular weight is 373 g/mol. The van der Waals surface area contributed by atoms with Crippen LogP contribution in [0, 0.1) is 12.7 Å². The summed E-state index contributed by atoms with van der Waals surface area (Å²) in [4.78, 5) is 11.5. The van der Waals surface area contributed by atoms with Crippen LogP contribution in [0.15, 0.2) is 24.3 Å². The normalized spacial score (nSPS) is 14.4. The van der Waals surface area contributed by atoms with Crippen molar-refractivity contribution in [2.75, 3.05) is 18.5 Å². The summed E-state index contributed by atoms with van der Waals surface area (Å²) < 4.78 is 18.6. The van der Waals surface area contributed by atoms with E-state index in [9.17, 15) is 9.50 Å². The first kappa shape index (κ1) is 17.2. The van der Waals surface area contributed by atoms with E-state index in [1.165, 1.54) is 29.0 Å². The van der Waals surface area contributed by atoms with Crippen LogP contribution in [-0.4, -0.2) is 34.3 Å². The Bertz CT molecular complexity index is 944. The van der Waals surface area contributed by atoms with Crippen molar-refractivity contribution in [3.05, 3.63) is 46.3 Å². The number of thiophene rings is 1. The van der Waals surface area contributed by atoms with Crippen molar-refractivity contribution in [2.45, 2.75) is 32.3 Å². The fourth-order valence-electron chi connectivity index (χ4n) is 3.25. The van der Waals surface area contributed by atoms with E-state index in [0.717, 1.165) is 28.9 Å². The average Bonchev–Trinajstić information content (AvgIpc) is 3.18. The Labute approximate surface area is 154 Å². The lowest BCUT2D eigenvalue weighted by molar-refractivity contribution is 0.117. The van der Waals surface area contributed by atoms with E-state index in [0.29, 0.717) is 18.1 Å². The maximum Gasteiger partial charge on any atom is 0.138 e. The minimum absolute atomic E-state index is 0.0748. The number of aliphatic hydroxyl groups is 1. The van der Waals surface area contributed by atoms with Crippen molar-refractivity contribution in [3.8, 4) is 5.75 Å². The zero-order valence-electron chi connectivity index (χ0n) is 14.5. The molecular weight excluding hydrogens is 353 g/mol. The van der Waals surface area contributed by atoms with E-state index in [-0.39, 0.29) is 12.4 Å². The van der Waals surface area contributed by atoms with Crippen molar-refractivity contribution in [1.29, 1.82) is 0 Å². The van der Waals surface area contributed by atoms with Gasteiger partial charge in [0, 0.05) is 17.5 Å². The zero-order chi connectivity index (χ0) is 18.1. The number of hydrogen-bond acceptors (Lipinski definition) is 6. The summed E-state index contributed by atoms with van der Waals surface area (Å²) in [5.41, 5.74) is 1.35. The molecule has 1 unspecified atom stereocenters. The molecule has 2 aromatic heterocycles. The minimum atomic E-state index is -0.740. The quantitative estimate of drug-likeness (QED) is 0.692. The lowest BCUT2D eigenvalue weighted by Crippen LogP contribution is -2.26. The lowest BCUT2D eigenvalue weighted by Gasteiger charge is -2.15. The first-order valence-electron chi connectivity index (χ1n) is 8.69. The second-order valence-corrected chi connectivity index (χ2v) is 7.54. The zero-order valence-corrected chi connectivity index (χ0v) is 15.3. The van der Waals surface area contributed by atoms with Crippen molar-refractivity contribution in [2.24, 2.45) is 0 Å². The predicted octanol–water partition coefficient (Wildman–Crippen LogP) is 3.48. The molecule has 2 N–H and O–H groups in total. The van der Waals surface area contributed by atoms with Gasteiger partial charge in [-0.05, 0) is 43.9 Å². The van der Waals surface area contributed by atoms with Crippen LogP contribution in [0.5, 0.6) is 5.75 Å². The number of fused-ring (bicyclic) bond motifs is 3.